The lowest BCUT2D eigenvalue weighted by Gasteiger charge is -2.00. The molecule has 0 saturated heterocycles. The Morgan fingerprint density at radius 1 is 1.55 bits per heavy atom. The van der Waals surface area contributed by atoms with Gasteiger partial charge in [-0.15, -0.1) is 0 Å². The lowest BCUT2D eigenvalue weighted by molar-refractivity contribution is 0.174. The molecular formula is C15H19N3O2. The second-order valence-corrected chi connectivity index (χ2v) is 4.55. The summed E-state index contributed by atoms with van der Waals surface area (Å²) in [6.45, 7) is 5.83. The smallest absolute Gasteiger partial charge is 0.414 e. The molecule has 2 rings (SSSR count). The highest BCUT2D eigenvalue weighted by Gasteiger charge is 2.07. The minimum Gasteiger partial charge on any atom is -0.445 e. The maximum atomic E-state index is 11.4. The number of fused-ring (bicyclic) bond motifs is 1. The summed E-state index contributed by atoms with van der Waals surface area (Å²) < 4.78 is 4.84. The number of anilines is 1. The molecule has 1 aromatic heterocycles. The number of ether oxygens (including phenoxy) is 1. The van der Waals surface area contributed by atoms with Gasteiger partial charge in [0, 0.05) is 0 Å². The molecule has 20 heavy (non-hydrogen) atoms. The second kappa shape index (κ2) is 6.75. The van der Waals surface area contributed by atoms with Crippen molar-refractivity contribution in [3.63, 3.8) is 0 Å². The molecule has 0 spiro atoms. The predicted octanol–water partition coefficient (Wildman–Crippen LogP) is 3.64. The first kappa shape index (κ1) is 14.1. The van der Waals surface area contributed by atoms with Crippen molar-refractivity contribution in [3.8, 4) is 0 Å². The van der Waals surface area contributed by atoms with Crippen molar-refractivity contribution in [1.29, 1.82) is 0 Å². The van der Waals surface area contributed by atoms with E-state index in [1.165, 1.54) is 24.5 Å². The van der Waals surface area contributed by atoms with Gasteiger partial charge in [-0.2, -0.15) is 0 Å². The van der Waals surface area contributed by atoms with Crippen molar-refractivity contribution in [2.45, 2.75) is 26.2 Å². The SMILES string of the molecule is C=CCOC(=O)Nc1nc2ccc(CCCC)cc2[nH]1. The van der Waals surface area contributed by atoms with E-state index in [0.29, 0.717) is 5.95 Å². The number of rotatable bonds is 6. The molecule has 0 radical (unpaired) electrons. The van der Waals surface area contributed by atoms with E-state index >= 15 is 0 Å². The van der Waals surface area contributed by atoms with E-state index in [-0.39, 0.29) is 6.61 Å². The number of aromatic nitrogens is 2. The number of carbonyl (C=O) groups excluding carboxylic acids is 1. The Balaban J connectivity index is 2.08. The molecular weight excluding hydrogens is 254 g/mol. The number of aromatic amines is 1. The fourth-order valence-electron chi connectivity index (χ4n) is 1.92. The molecule has 0 bridgehead atoms. The Labute approximate surface area is 118 Å². The van der Waals surface area contributed by atoms with E-state index in [0.717, 1.165) is 17.5 Å². The molecule has 1 amide bonds. The van der Waals surface area contributed by atoms with Gasteiger partial charge in [0.05, 0.1) is 11.0 Å². The standard InChI is InChI=1S/C15H19N3O2/c1-3-5-6-11-7-8-12-13(10-11)17-14(16-12)18-15(19)20-9-4-2/h4,7-8,10H,2-3,5-6,9H2,1H3,(H2,16,17,18,19). The van der Waals surface area contributed by atoms with E-state index < -0.39 is 6.09 Å². The summed E-state index contributed by atoms with van der Waals surface area (Å²) in [7, 11) is 0. The lowest BCUT2D eigenvalue weighted by atomic mass is 10.1. The zero-order chi connectivity index (χ0) is 14.4. The number of hydrogen-bond donors (Lipinski definition) is 2. The van der Waals surface area contributed by atoms with Gasteiger partial charge in [0.2, 0.25) is 5.95 Å². The third kappa shape index (κ3) is 3.60. The molecule has 0 aliphatic heterocycles. The average Bonchev–Trinajstić information content (AvgIpc) is 2.84. The van der Waals surface area contributed by atoms with Crippen LogP contribution in [0.1, 0.15) is 25.3 Å². The summed E-state index contributed by atoms with van der Waals surface area (Å²) in [6.07, 6.45) is 4.35. The van der Waals surface area contributed by atoms with E-state index in [1.807, 2.05) is 6.07 Å². The molecule has 5 nitrogen and oxygen atoms in total. The molecule has 0 atom stereocenters. The molecule has 0 saturated carbocycles. The Kier molecular flexibility index (Phi) is 4.76. The molecule has 1 heterocycles. The fraction of sp³-hybridized carbons (Fsp3) is 0.333. The number of aryl methyl sites for hydroxylation is 1. The van der Waals surface area contributed by atoms with Crippen LogP contribution < -0.4 is 5.32 Å². The molecule has 0 unspecified atom stereocenters. The number of H-pyrrole nitrogens is 1. The van der Waals surface area contributed by atoms with Crippen LogP contribution in [0, 0.1) is 0 Å². The van der Waals surface area contributed by atoms with Crippen LogP contribution in [0.15, 0.2) is 30.9 Å². The quantitative estimate of drug-likeness (QED) is 0.789. The number of nitrogens with zero attached hydrogens (tertiary/aromatic N) is 1. The molecule has 2 aromatic rings. The van der Waals surface area contributed by atoms with Gasteiger partial charge < -0.3 is 9.72 Å². The first-order valence-corrected chi connectivity index (χ1v) is 6.76. The third-order valence-corrected chi connectivity index (χ3v) is 2.92. The van der Waals surface area contributed by atoms with Crippen LogP contribution in [-0.4, -0.2) is 22.7 Å². The molecule has 1 aromatic carbocycles. The van der Waals surface area contributed by atoms with Crippen molar-refractivity contribution in [3.05, 3.63) is 36.4 Å². The van der Waals surface area contributed by atoms with Crippen LogP contribution in [0.2, 0.25) is 0 Å². The van der Waals surface area contributed by atoms with Crippen LogP contribution in [0.5, 0.6) is 0 Å². The van der Waals surface area contributed by atoms with E-state index in [1.54, 1.807) is 0 Å². The molecule has 5 heteroatoms. The van der Waals surface area contributed by atoms with Crippen molar-refractivity contribution < 1.29 is 9.53 Å². The highest BCUT2D eigenvalue weighted by atomic mass is 16.5. The highest BCUT2D eigenvalue weighted by molar-refractivity contribution is 5.86. The van der Waals surface area contributed by atoms with Crippen molar-refractivity contribution >= 4 is 23.1 Å². The summed E-state index contributed by atoms with van der Waals surface area (Å²) in [4.78, 5) is 18.8. The summed E-state index contributed by atoms with van der Waals surface area (Å²) in [6, 6.07) is 6.09. The Bertz CT molecular complexity index is 604. The third-order valence-electron chi connectivity index (χ3n) is 2.92. The van der Waals surface area contributed by atoms with Crippen LogP contribution >= 0.6 is 0 Å². The highest BCUT2D eigenvalue weighted by Crippen LogP contribution is 2.17. The van der Waals surface area contributed by atoms with Gasteiger partial charge >= 0.3 is 6.09 Å². The number of carbonyl (C=O) groups is 1. The molecule has 106 valence electrons. The molecule has 0 fully saturated rings. The number of nitrogens with one attached hydrogen (secondary N) is 2. The lowest BCUT2D eigenvalue weighted by Crippen LogP contribution is -2.14. The van der Waals surface area contributed by atoms with Crippen LogP contribution in [-0.2, 0) is 11.2 Å². The van der Waals surface area contributed by atoms with Gasteiger partial charge in [0.15, 0.2) is 0 Å². The van der Waals surface area contributed by atoms with Crippen molar-refractivity contribution in [2.75, 3.05) is 11.9 Å². The molecule has 0 aliphatic carbocycles. The summed E-state index contributed by atoms with van der Waals surface area (Å²) >= 11 is 0. The van der Waals surface area contributed by atoms with E-state index in [2.05, 4.69) is 40.9 Å². The fourth-order valence-corrected chi connectivity index (χ4v) is 1.92. The van der Waals surface area contributed by atoms with Crippen LogP contribution in [0.25, 0.3) is 11.0 Å². The monoisotopic (exact) mass is 273 g/mol. The predicted molar refractivity (Wildman–Crippen MR) is 79.9 cm³/mol. The number of amides is 1. The van der Waals surface area contributed by atoms with Gasteiger partial charge in [-0.25, -0.2) is 9.78 Å². The average molecular weight is 273 g/mol. The minimum absolute atomic E-state index is 0.174. The van der Waals surface area contributed by atoms with Gasteiger partial charge in [-0.3, -0.25) is 5.32 Å². The maximum absolute atomic E-state index is 11.4. The number of imidazole rings is 1. The zero-order valence-electron chi connectivity index (χ0n) is 11.6. The summed E-state index contributed by atoms with van der Waals surface area (Å²) in [5.41, 5.74) is 3.01. The van der Waals surface area contributed by atoms with Gasteiger partial charge in [0.25, 0.3) is 0 Å². The summed E-state index contributed by atoms with van der Waals surface area (Å²) in [5, 5.41) is 2.55. The molecule has 2 N–H and O–H groups in total. The zero-order valence-corrected chi connectivity index (χ0v) is 11.6. The van der Waals surface area contributed by atoms with Crippen molar-refractivity contribution in [2.24, 2.45) is 0 Å². The number of unbranched alkanes of at least 4 members (excludes halogenated alkanes) is 1. The van der Waals surface area contributed by atoms with Crippen molar-refractivity contribution in [1.82, 2.24) is 9.97 Å². The first-order chi connectivity index (χ1) is 9.72. The van der Waals surface area contributed by atoms with Gasteiger partial charge in [-0.1, -0.05) is 32.1 Å². The topological polar surface area (TPSA) is 67.0 Å². The van der Waals surface area contributed by atoms with E-state index in [4.69, 9.17) is 4.74 Å². The van der Waals surface area contributed by atoms with Gasteiger partial charge in [-0.05, 0) is 30.5 Å². The normalized spacial score (nSPS) is 10.4. The second-order valence-electron chi connectivity index (χ2n) is 4.55. The van der Waals surface area contributed by atoms with Crippen LogP contribution in [0.3, 0.4) is 0 Å². The molecule has 0 aliphatic rings. The Morgan fingerprint density at radius 2 is 2.40 bits per heavy atom. The van der Waals surface area contributed by atoms with Gasteiger partial charge in [0.1, 0.15) is 6.61 Å². The summed E-state index contributed by atoms with van der Waals surface area (Å²) in [5.74, 6) is 0.390. The number of benzene rings is 1. The maximum Gasteiger partial charge on any atom is 0.414 e. The Hall–Kier alpha value is -2.30. The van der Waals surface area contributed by atoms with Crippen LogP contribution in [0.4, 0.5) is 10.7 Å². The Morgan fingerprint density at radius 3 is 3.15 bits per heavy atom. The largest absolute Gasteiger partial charge is 0.445 e. The number of hydrogen-bond acceptors (Lipinski definition) is 3. The minimum atomic E-state index is -0.546. The van der Waals surface area contributed by atoms with E-state index in [9.17, 15) is 4.79 Å². The first-order valence-electron chi connectivity index (χ1n) is 6.76.